The fraction of sp³-hybridized carbons (Fsp3) is 0.933. The summed E-state index contributed by atoms with van der Waals surface area (Å²) in [6, 6.07) is 0. The molecule has 6 nitrogen and oxygen atoms in total. The number of hydrogen-bond donors (Lipinski definition) is 1. The first kappa shape index (κ1) is 26.5. The number of ether oxygens (including phenoxy) is 2. The van der Waals surface area contributed by atoms with Crippen molar-refractivity contribution in [3.8, 4) is 0 Å². The van der Waals surface area contributed by atoms with Crippen LogP contribution < -0.4 is 5.32 Å². The molecule has 208 valence electrons. The number of rotatable bonds is 2. The maximum absolute atomic E-state index is 12.9. The number of morpholine rings is 2. The van der Waals surface area contributed by atoms with Crippen molar-refractivity contribution in [2.24, 2.45) is 46.3 Å². The molecule has 37 heavy (non-hydrogen) atoms. The smallest absolute Gasteiger partial charge is 0.228 e. The quantitative estimate of drug-likeness (QED) is 0.523. The van der Waals surface area contributed by atoms with Crippen LogP contribution in [-0.4, -0.2) is 68.7 Å². The maximum atomic E-state index is 12.9. The van der Waals surface area contributed by atoms with Gasteiger partial charge in [-0.3, -0.25) is 9.59 Å². The SMILES string of the molecule is C1COCCN1.O=C(Cl)C12CC3CC(CC(C3)C1)C2.O=C(N1CCOCC1)C12CC3CC(CC(C3)C1)C2. The standard InChI is InChI=1S/C15H23NO2.C11H15ClO.C4H9NO/c17-14(16-1-3-18-4-2-16)15-8-11-5-12(9-15)7-13(6-11)10-15;12-10(13)11-4-7-1-8(5-11)3-9(2-7)6-11;1-3-6-4-2-5-1/h11-13H,1-10H2;7-9H,1-6H2;5H,1-4H2. The molecule has 10 rings (SSSR count). The van der Waals surface area contributed by atoms with Gasteiger partial charge in [-0.25, -0.2) is 0 Å². The first-order valence-electron chi connectivity index (χ1n) is 15.3. The van der Waals surface area contributed by atoms with Crippen molar-refractivity contribution in [2.45, 2.75) is 77.0 Å². The lowest BCUT2D eigenvalue weighted by molar-refractivity contribution is -0.161. The van der Waals surface area contributed by atoms with Crippen molar-refractivity contribution in [2.75, 3.05) is 52.6 Å². The molecule has 0 spiro atoms. The second-order valence-corrected chi connectivity index (χ2v) is 14.3. The molecule has 0 radical (unpaired) electrons. The van der Waals surface area contributed by atoms with Crippen LogP contribution in [0.2, 0.25) is 0 Å². The predicted octanol–water partition coefficient (Wildman–Crippen LogP) is 4.64. The maximum Gasteiger partial charge on any atom is 0.228 e. The molecule has 2 aliphatic heterocycles. The molecule has 7 heteroatoms. The molecule has 2 saturated heterocycles. The van der Waals surface area contributed by atoms with Gasteiger partial charge < -0.3 is 19.7 Å². The Morgan fingerprint density at radius 2 is 1.00 bits per heavy atom. The lowest BCUT2D eigenvalue weighted by atomic mass is 9.49. The average Bonchev–Trinajstić information content (AvgIpc) is 2.89. The van der Waals surface area contributed by atoms with Crippen LogP contribution in [0.1, 0.15) is 77.0 Å². The van der Waals surface area contributed by atoms with Crippen LogP contribution in [0.25, 0.3) is 0 Å². The molecular formula is C30H47ClN2O4. The van der Waals surface area contributed by atoms with E-state index in [2.05, 4.69) is 10.2 Å². The van der Waals surface area contributed by atoms with E-state index in [1.165, 1.54) is 57.8 Å². The van der Waals surface area contributed by atoms with Gasteiger partial charge in [-0.2, -0.15) is 0 Å². The van der Waals surface area contributed by atoms with E-state index >= 15 is 0 Å². The molecule has 0 atom stereocenters. The number of hydrogen-bond acceptors (Lipinski definition) is 5. The molecule has 1 N–H and O–H groups in total. The van der Waals surface area contributed by atoms with E-state index in [0.717, 1.165) is 107 Å². The summed E-state index contributed by atoms with van der Waals surface area (Å²) in [6.45, 7) is 6.94. The Bertz CT molecular complexity index is 755. The molecule has 10 aliphatic rings. The number of halogens is 1. The molecule has 8 bridgehead atoms. The van der Waals surface area contributed by atoms with Gasteiger partial charge in [-0.1, -0.05) is 0 Å². The molecule has 8 aliphatic carbocycles. The van der Waals surface area contributed by atoms with Crippen LogP contribution in [0, 0.1) is 46.3 Å². The molecule has 8 saturated carbocycles. The van der Waals surface area contributed by atoms with Gasteiger partial charge in [0, 0.05) is 31.6 Å². The summed E-state index contributed by atoms with van der Waals surface area (Å²) >= 11 is 5.76. The van der Waals surface area contributed by atoms with E-state index in [4.69, 9.17) is 21.1 Å². The fourth-order valence-electron chi connectivity index (χ4n) is 10.3. The zero-order chi connectivity index (χ0) is 25.5. The lowest BCUT2D eigenvalue weighted by Crippen LogP contribution is -2.56. The van der Waals surface area contributed by atoms with Crippen molar-refractivity contribution in [1.29, 1.82) is 0 Å². The molecule has 10 fully saturated rings. The van der Waals surface area contributed by atoms with Gasteiger partial charge in [0.15, 0.2) is 0 Å². The molecular weight excluding hydrogens is 488 g/mol. The summed E-state index contributed by atoms with van der Waals surface area (Å²) < 4.78 is 10.4. The Labute approximate surface area is 227 Å². The number of amides is 1. The summed E-state index contributed by atoms with van der Waals surface area (Å²) in [5, 5.41) is 3.12. The molecule has 2 heterocycles. The minimum absolute atomic E-state index is 0.0356. The predicted molar refractivity (Wildman–Crippen MR) is 143 cm³/mol. The third kappa shape index (κ3) is 5.64. The van der Waals surface area contributed by atoms with Gasteiger partial charge >= 0.3 is 0 Å². The van der Waals surface area contributed by atoms with Crippen molar-refractivity contribution >= 4 is 22.8 Å². The number of carbonyl (C=O) groups excluding carboxylic acids is 2. The Kier molecular flexibility index (Phi) is 7.93. The van der Waals surface area contributed by atoms with Crippen molar-refractivity contribution in [3.63, 3.8) is 0 Å². The topological polar surface area (TPSA) is 67.9 Å². The van der Waals surface area contributed by atoms with Crippen LogP contribution in [0.5, 0.6) is 0 Å². The monoisotopic (exact) mass is 534 g/mol. The van der Waals surface area contributed by atoms with Gasteiger partial charge in [0.1, 0.15) is 0 Å². The number of nitrogens with one attached hydrogen (secondary N) is 1. The Balaban J connectivity index is 0.000000115. The normalized spacial score (nSPS) is 44.9. The van der Waals surface area contributed by atoms with Crippen LogP contribution >= 0.6 is 11.6 Å². The van der Waals surface area contributed by atoms with E-state index in [0.29, 0.717) is 5.91 Å². The Morgan fingerprint density at radius 1 is 0.622 bits per heavy atom. The van der Waals surface area contributed by atoms with Crippen LogP contribution in [0.15, 0.2) is 0 Å². The second-order valence-electron chi connectivity index (χ2n) is 13.9. The van der Waals surface area contributed by atoms with E-state index in [9.17, 15) is 9.59 Å². The van der Waals surface area contributed by atoms with Crippen molar-refractivity contribution < 1.29 is 19.1 Å². The van der Waals surface area contributed by atoms with Crippen LogP contribution in [-0.2, 0) is 19.1 Å². The van der Waals surface area contributed by atoms with E-state index in [1.807, 2.05) is 0 Å². The van der Waals surface area contributed by atoms with Crippen molar-refractivity contribution in [3.05, 3.63) is 0 Å². The third-order valence-corrected chi connectivity index (χ3v) is 11.5. The summed E-state index contributed by atoms with van der Waals surface area (Å²) in [4.78, 5) is 26.5. The van der Waals surface area contributed by atoms with E-state index in [1.54, 1.807) is 0 Å². The molecule has 1 amide bonds. The second kappa shape index (κ2) is 11.1. The first-order valence-corrected chi connectivity index (χ1v) is 15.7. The summed E-state index contributed by atoms with van der Waals surface area (Å²) in [5.41, 5.74) is -0.0254. The lowest BCUT2D eigenvalue weighted by Gasteiger charge is -2.56. The Morgan fingerprint density at radius 3 is 1.32 bits per heavy atom. The van der Waals surface area contributed by atoms with Crippen LogP contribution in [0.4, 0.5) is 0 Å². The van der Waals surface area contributed by atoms with Crippen molar-refractivity contribution in [1.82, 2.24) is 10.2 Å². The Hall–Kier alpha value is -0.690. The number of carbonyl (C=O) groups is 2. The fourth-order valence-corrected chi connectivity index (χ4v) is 10.6. The zero-order valence-electron chi connectivity index (χ0n) is 22.6. The van der Waals surface area contributed by atoms with Gasteiger partial charge in [-0.15, -0.1) is 0 Å². The van der Waals surface area contributed by atoms with Gasteiger partial charge in [0.2, 0.25) is 11.1 Å². The first-order chi connectivity index (χ1) is 17.9. The average molecular weight is 535 g/mol. The molecule has 0 aromatic carbocycles. The van der Waals surface area contributed by atoms with E-state index in [-0.39, 0.29) is 16.1 Å². The molecule has 0 aromatic heterocycles. The highest BCUT2D eigenvalue weighted by atomic mass is 35.5. The minimum atomic E-state index is -0.0731. The third-order valence-electron chi connectivity index (χ3n) is 11.1. The van der Waals surface area contributed by atoms with E-state index < -0.39 is 0 Å². The number of nitrogens with zero attached hydrogens (tertiary/aromatic N) is 1. The van der Waals surface area contributed by atoms with Crippen LogP contribution in [0.3, 0.4) is 0 Å². The highest BCUT2D eigenvalue weighted by Gasteiger charge is 2.56. The summed E-state index contributed by atoms with van der Waals surface area (Å²) in [5.74, 6) is 5.55. The van der Waals surface area contributed by atoms with Gasteiger partial charge in [0.05, 0.1) is 31.8 Å². The molecule has 0 aromatic rings. The summed E-state index contributed by atoms with van der Waals surface area (Å²) in [7, 11) is 0. The largest absolute Gasteiger partial charge is 0.379 e. The zero-order valence-corrected chi connectivity index (χ0v) is 23.3. The van der Waals surface area contributed by atoms with Gasteiger partial charge in [0.25, 0.3) is 0 Å². The van der Waals surface area contributed by atoms with Gasteiger partial charge in [-0.05, 0) is 124 Å². The highest BCUT2D eigenvalue weighted by molar-refractivity contribution is 6.64. The molecule has 0 unspecified atom stereocenters. The highest BCUT2D eigenvalue weighted by Crippen LogP contribution is 2.61. The minimum Gasteiger partial charge on any atom is -0.379 e. The summed E-state index contributed by atoms with van der Waals surface area (Å²) in [6.07, 6.45) is 15.2.